The van der Waals surface area contributed by atoms with E-state index in [2.05, 4.69) is 16.0 Å². The summed E-state index contributed by atoms with van der Waals surface area (Å²) in [4.78, 5) is 8.51. The van der Waals surface area contributed by atoms with Crippen LogP contribution in [0.5, 0.6) is 0 Å². The Balaban J connectivity index is 2.00. The van der Waals surface area contributed by atoms with Gasteiger partial charge < -0.3 is 0 Å². The molecule has 1 aliphatic carbocycles. The van der Waals surface area contributed by atoms with E-state index < -0.39 is 0 Å². The summed E-state index contributed by atoms with van der Waals surface area (Å²) in [6.07, 6.45) is 6.90. The van der Waals surface area contributed by atoms with Gasteiger partial charge in [0.2, 0.25) is 0 Å². The normalized spacial score (nSPS) is 17.8. The number of fused-ring (bicyclic) bond motifs is 1. The minimum atomic E-state index is 0.377. The summed E-state index contributed by atoms with van der Waals surface area (Å²) in [5, 5.41) is 8.83. The maximum Gasteiger partial charge on any atom is 0.115 e. The van der Waals surface area contributed by atoms with Crippen LogP contribution >= 0.6 is 0 Å². The highest BCUT2D eigenvalue weighted by Crippen LogP contribution is 2.35. The van der Waals surface area contributed by atoms with Crippen molar-refractivity contribution in [1.82, 2.24) is 9.97 Å². The summed E-state index contributed by atoms with van der Waals surface area (Å²) in [5.74, 6) is 0.377. The molecule has 0 fully saturated rings. The topological polar surface area (TPSA) is 49.6 Å². The van der Waals surface area contributed by atoms with Crippen molar-refractivity contribution in [1.29, 1.82) is 5.26 Å². The number of rotatable bonds is 1. The predicted octanol–water partition coefficient (Wildman–Crippen LogP) is 2.82. The van der Waals surface area contributed by atoms with Crippen LogP contribution in [0.15, 0.2) is 36.8 Å². The maximum atomic E-state index is 8.83. The van der Waals surface area contributed by atoms with Gasteiger partial charge in [-0.15, -0.1) is 0 Å². The van der Waals surface area contributed by atoms with Crippen molar-refractivity contribution in [3.63, 3.8) is 0 Å². The summed E-state index contributed by atoms with van der Waals surface area (Å²) in [7, 11) is 0. The number of nitriles is 1. The first-order valence-corrected chi connectivity index (χ1v) is 6.17. The molecule has 3 heteroatoms. The Morgan fingerprint density at radius 1 is 1.22 bits per heavy atom. The third-order valence-corrected chi connectivity index (χ3v) is 3.55. The van der Waals surface area contributed by atoms with Crippen LogP contribution in [0.2, 0.25) is 0 Å². The second-order valence-corrected chi connectivity index (χ2v) is 4.60. The molecule has 1 aliphatic rings. The van der Waals surface area contributed by atoms with Gasteiger partial charge in [0.05, 0.1) is 11.6 Å². The average Bonchev–Trinajstić information content (AvgIpc) is 2.47. The van der Waals surface area contributed by atoms with Gasteiger partial charge in [-0.05, 0) is 42.5 Å². The number of aromatic nitrogens is 2. The van der Waals surface area contributed by atoms with Gasteiger partial charge in [0, 0.05) is 17.8 Å². The molecule has 0 saturated heterocycles. The molecule has 1 atom stereocenters. The Morgan fingerprint density at radius 2 is 2.06 bits per heavy atom. The zero-order valence-corrected chi connectivity index (χ0v) is 10.0. The predicted molar refractivity (Wildman–Crippen MR) is 68.0 cm³/mol. The van der Waals surface area contributed by atoms with Crippen molar-refractivity contribution in [2.75, 3.05) is 0 Å². The highest BCUT2D eigenvalue weighted by Gasteiger charge is 2.22. The van der Waals surface area contributed by atoms with Crippen molar-refractivity contribution in [3.05, 3.63) is 59.2 Å². The summed E-state index contributed by atoms with van der Waals surface area (Å²) in [5.41, 5.74) is 4.38. The fourth-order valence-corrected chi connectivity index (χ4v) is 2.63. The molecule has 0 bridgehead atoms. The van der Waals surface area contributed by atoms with Crippen LogP contribution in [0.3, 0.4) is 0 Å². The highest BCUT2D eigenvalue weighted by molar-refractivity contribution is 5.39. The van der Waals surface area contributed by atoms with E-state index in [4.69, 9.17) is 5.26 Å². The molecular weight excluding hydrogens is 222 g/mol. The van der Waals surface area contributed by atoms with Gasteiger partial charge in [-0.25, -0.2) is 9.97 Å². The molecule has 0 N–H and O–H groups in total. The fourth-order valence-electron chi connectivity index (χ4n) is 2.63. The molecule has 3 rings (SSSR count). The molecule has 3 nitrogen and oxygen atoms in total. The zero-order chi connectivity index (χ0) is 12.4. The molecule has 0 aliphatic heterocycles. The molecule has 1 unspecified atom stereocenters. The SMILES string of the molecule is N#Cc1ccc(C2CCCc3ncncc32)cc1. The smallest absolute Gasteiger partial charge is 0.115 e. The molecule has 88 valence electrons. The van der Waals surface area contributed by atoms with Gasteiger partial charge in [-0.3, -0.25) is 0 Å². The number of hydrogen-bond acceptors (Lipinski definition) is 3. The highest BCUT2D eigenvalue weighted by atomic mass is 14.8. The average molecular weight is 235 g/mol. The second kappa shape index (κ2) is 4.58. The molecule has 1 aromatic carbocycles. The van der Waals surface area contributed by atoms with Crippen molar-refractivity contribution >= 4 is 0 Å². The molecular formula is C15H13N3. The van der Waals surface area contributed by atoms with Crippen molar-refractivity contribution in [2.24, 2.45) is 0 Å². The lowest BCUT2D eigenvalue weighted by Crippen LogP contribution is -2.13. The van der Waals surface area contributed by atoms with Crippen molar-refractivity contribution in [3.8, 4) is 6.07 Å². The number of hydrogen-bond donors (Lipinski definition) is 0. The summed E-state index contributed by atoms with van der Waals surface area (Å²) < 4.78 is 0. The first-order chi connectivity index (χ1) is 8.88. The van der Waals surface area contributed by atoms with E-state index in [-0.39, 0.29) is 0 Å². The lowest BCUT2D eigenvalue weighted by molar-refractivity contribution is 0.598. The van der Waals surface area contributed by atoms with E-state index in [0.29, 0.717) is 11.5 Å². The lowest BCUT2D eigenvalue weighted by atomic mass is 9.82. The summed E-state index contributed by atoms with van der Waals surface area (Å²) in [6.45, 7) is 0. The summed E-state index contributed by atoms with van der Waals surface area (Å²) >= 11 is 0. The lowest BCUT2D eigenvalue weighted by Gasteiger charge is -2.24. The summed E-state index contributed by atoms with van der Waals surface area (Å²) in [6, 6.07) is 10.0. The van der Waals surface area contributed by atoms with Crippen molar-refractivity contribution in [2.45, 2.75) is 25.2 Å². The van der Waals surface area contributed by atoms with E-state index in [1.807, 2.05) is 30.5 Å². The van der Waals surface area contributed by atoms with Crippen LogP contribution in [0.1, 0.15) is 41.1 Å². The van der Waals surface area contributed by atoms with Crippen LogP contribution in [0.4, 0.5) is 0 Å². The van der Waals surface area contributed by atoms with Gasteiger partial charge >= 0.3 is 0 Å². The monoisotopic (exact) mass is 235 g/mol. The second-order valence-electron chi connectivity index (χ2n) is 4.60. The number of aryl methyl sites for hydroxylation is 1. The van der Waals surface area contributed by atoms with E-state index in [1.54, 1.807) is 6.33 Å². The molecule has 0 amide bonds. The molecule has 0 radical (unpaired) electrons. The van der Waals surface area contributed by atoms with E-state index in [0.717, 1.165) is 19.3 Å². The quantitative estimate of drug-likeness (QED) is 0.763. The van der Waals surface area contributed by atoms with Crippen LogP contribution in [0.25, 0.3) is 0 Å². The first-order valence-electron chi connectivity index (χ1n) is 6.17. The minimum absolute atomic E-state index is 0.377. The van der Waals surface area contributed by atoms with E-state index >= 15 is 0 Å². The van der Waals surface area contributed by atoms with Gasteiger partial charge in [-0.2, -0.15) is 5.26 Å². The van der Waals surface area contributed by atoms with Crippen molar-refractivity contribution < 1.29 is 0 Å². The minimum Gasteiger partial charge on any atom is -0.244 e. The number of nitrogens with zero attached hydrogens (tertiary/aromatic N) is 3. The Morgan fingerprint density at radius 3 is 2.83 bits per heavy atom. The largest absolute Gasteiger partial charge is 0.244 e. The fraction of sp³-hybridized carbons (Fsp3) is 0.267. The van der Waals surface area contributed by atoms with Crippen LogP contribution in [-0.4, -0.2) is 9.97 Å². The molecule has 0 saturated carbocycles. The Labute approximate surface area is 106 Å². The Kier molecular flexibility index (Phi) is 2.77. The maximum absolute atomic E-state index is 8.83. The molecule has 1 heterocycles. The number of benzene rings is 1. The molecule has 18 heavy (non-hydrogen) atoms. The van der Waals surface area contributed by atoms with Gasteiger partial charge in [0.25, 0.3) is 0 Å². The molecule has 2 aromatic rings. The van der Waals surface area contributed by atoms with Crippen LogP contribution < -0.4 is 0 Å². The van der Waals surface area contributed by atoms with Crippen LogP contribution in [-0.2, 0) is 6.42 Å². The van der Waals surface area contributed by atoms with Gasteiger partial charge in [-0.1, -0.05) is 12.1 Å². The third-order valence-electron chi connectivity index (χ3n) is 3.55. The zero-order valence-electron chi connectivity index (χ0n) is 10.0. The van der Waals surface area contributed by atoms with E-state index in [1.165, 1.54) is 16.8 Å². The van der Waals surface area contributed by atoms with E-state index in [9.17, 15) is 0 Å². The third kappa shape index (κ3) is 1.86. The Hall–Kier alpha value is -2.21. The van der Waals surface area contributed by atoms with Gasteiger partial charge in [0.1, 0.15) is 6.33 Å². The molecule has 0 spiro atoms. The molecule has 1 aromatic heterocycles. The van der Waals surface area contributed by atoms with Crippen LogP contribution in [0, 0.1) is 11.3 Å². The Bertz CT molecular complexity index is 596. The first kappa shape index (κ1) is 10.9. The van der Waals surface area contributed by atoms with Gasteiger partial charge in [0.15, 0.2) is 0 Å². The standard InChI is InChI=1S/C15H13N3/c16-8-11-4-6-12(7-5-11)13-2-1-3-15-14(13)9-17-10-18-15/h4-7,9-10,13H,1-3H2.